The third kappa shape index (κ3) is 4.24. The van der Waals surface area contributed by atoms with Gasteiger partial charge >= 0.3 is 0 Å². The van der Waals surface area contributed by atoms with Gasteiger partial charge in [-0.25, -0.2) is 0 Å². The second-order valence-corrected chi connectivity index (χ2v) is 7.12. The largest absolute Gasteiger partial charge is 0.411 e. The molecule has 0 radical (unpaired) electrons. The summed E-state index contributed by atoms with van der Waals surface area (Å²) in [5.74, 6) is 0.772. The van der Waals surface area contributed by atoms with Gasteiger partial charge in [-0.15, -0.1) is 10.2 Å². The minimum absolute atomic E-state index is 0.0290. The lowest BCUT2D eigenvalue weighted by Gasteiger charge is -2.15. The molecule has 7 heteroatoms. The SMILES string of the molecule is Cc1ccc(-c2nnc(SCC(=O)N(C)Cc3ccsc3)o2)cc1. The van der Waals surface area contributed by atoms with Gasteiger partial charge < -0.3 is 9.32 Å². The van der Waals surface area contributed by atoms with Crippen LogP contribution in [0.2, 0.25) is 0 Å². The van der Waals surface area contributed by atoms with Gasteiger partial charge in [-0.3, -0.25) is 4.79 Å². The van der Waals surface area contributed by atoms with E-state index in [0.29, 0.717) is 17.7 Å². The van der Waals surface area contributed by atoms with Gasteiger partial charge in [-0.2, -0.15) is 11.3 Å². The van der Waals surface area contributed by atoms with Crippen LogP contribution in [-0.4, -0.2) is 33.8 Å². The molecule has 24 heavy (non-hydrogen) atoms. The Balaban J connectivity index is 1.55. The van der Waals surface area contributed by atoms with Gasteiger partial charge in [0.2, 0.25) is 11.8 Å². The summed E-state index contributed by atoms with van der Waals surface area (Å²) in [7, 11) is 1.80. The molecule has 0 saturated carbocycles. The zero-order valence-electron chi connectivity index (χ0n) is 13.4. The summed E-state index contributed by atoms with van der Waals surface area (Å²) in [5.41, 5.74) is 3.19. The van der Waals surface area contributed by atoms with Crippen LogP contribution in [0, 0.1) is 6.92 Å². The number of aryl methyl sites for hydroxylation is 1. The normalized spacial score (nSPS) is 10.8. The Labute approximate surface area is 148 Å². The van der Waals surface area contributed by atoms with E-state index in [0.717, 1.165) is 11.1 Å². The van der Waals surface area contributed by atoms with Gasteiger partial charge in [-0.1, -0.05) is 29.5 Å². The summed E-state index contributed by atoms with van der Waals surface area (Å²) in [6.45, 7) is 2.64. The van der Waals surface area contributed by atoms with E-state index in [9.17, 15) is 4.79 Å². The van der Waals surface area contributed by atoms with Crippen molar-refractivity contribution in [3.63, 3.8) is 0 Å². The van der Waals surface area contributed by atoms with Gasteiger partial charge in [0, 0.05) is 19.2 Å². The Bertz CT molecular complexity index is 798. The van der Waals surface area contributed by atoms with Crippen molar-refractivity contribution in [1.82, 2.24) is 15.1 Å². The monoisotopic (exact) mass is 359 g/mol. The molecule has 1 amide bonds. The van der Waals surface area contributed by atoms with Crippen LogP contribution in [0.25, 0.3) is 11.5 Å². The number of hydrogen-bond acceptors (Lipinski definition) is 6. The van der Waals surface area contributed by atoms with Crippen LogP contribution in [-0.2, 0) is 11.3 Å². The van der Waals surface area contributed by atoms with Crippen LogP contribution in [0.3, 0.4) is 0 Å². The van der Waals surface area contributed by atoms with Crippen molar-refractivity contribution in [1.29, 1.82) is 0 Å². The highest BCUT2D eigenvalue weighted by Gasteiger charge is 2.14. The van der Waals surface area contributed by atoms with Crippen LogP contribution in [0.15, 0.2) is 50.7 Å². The lowest BCUT2D eigenvalue weighted by atomic mass is 10.1. The minimum atomic E-state index is 0.0290. The molecule has 0 aliphatic carbocycles. The first-order valence-electron chi connectivity index (χ1n) is 7.40. The van der Waals surface area contributed by atoms with Gasteiger partial charge in [-0.05, 0) is 41.4 Å². The Hall–Kier alpha value is -2.12. The van der Waals surface area contributed by atoms with Gasteiger partial charge in [0.15, 0.2) is 0 Å². The van der Waals surface area contributed by atoms with Crippen LogP contribution in [0.4, 0.5) is 0 Å². The Morgan fingerprint density at radius 3 is 2.75 bits per heavy atom. The first kappa shape index (κ1) is 16.7. The van der Waals surface area contributed by atoms with Crippen molar-refractivity contribution in [3.05, 3.63) is 52.2 Å². The molecule has 0 unspecified atom stereocenters. The van der Waals surface area contributed by atoms with Gasteiger partial charge in [0.1, 0.15) is 0 Å². The molecule has 2 heterocycles. The molecule has 0 saturated heterocycles. The Kier molecular flexibility index (Phi) is 5.32. The number of carbonyl (C=O) groups is 1. The fourth-order valence-corrected chi connectivity index (χ4v) is 3.42. The zero-order chi connectivity index (χ0) is 16.9. The summed E-state index contributed by atoms with van der Waals surface area (Å²) in [5, 5.41) is 12.5. The van der Waals surface area contributed by atoms with E-state index in [1.54, 1.807) is 23.3 Å². The highest BCUT2D eigenvalue weighted by Crippen LogP contribution is 2.23. The molecule has 2 aromatic heterocycles. The second kappa shape index (κ2) is 7.63. The first-order valence-corrected chi connectivity index (χ1v) is 9.33. The maximum atomic E-state index is 12.2. The van der Waals surface area contributed by atoms with E-state index in [4.69, 9.17) is 4.42 Å². The molecule has 1 aromatic carbocycles. The lowest BCUT2D eigenvalue weighted by molar-refractivity contribution is -0.127. The van der Waals surface area contributed by atoms with Gasteiger partial charge in [0.25, 0.3) is 5.22 Å². The fraction of sp³-hybridized carbons (Fsp3) is 0.235. The molecule has 0 spiro atoms. The van der Waals surface area contributed by atoms with E-state index in [1.165, 1.54) is 17.3 Å². The number of benzene rings is 1. The number of carbonyl (C=O) groups excluding carboxylic acids is 1. The molecule has 3 rings (SSSR count). The van der Waals surface area contributed by atoms with E-state index < -0.39 is 0 Å². The highest BCUT2D eigenvalue weighted by molar-refractivity contribution is 7.99. The van der Waals surface area contributed by atoms with E-state index in [-0.39, 0.29) is 11.7 Å². The standard InChI is InChI=1S/C17H17N3O2S2/c1-12-3-5-14(6-4-12)16-18-19-17(22-16)24-11-15(21)20(2)9-13-7-8-23-10-13/h3-8,10H,9,11H2,1-2H3. The van der Waals surface area contributed by atoms with E-state index in [1.807, 2.05) is 48.0 Å². The molecule has 0 aliphatic heterocycles. The molecule has 0 aliphatic rings. The number of amides is 1. The maximum absolute atomic E-state index is 12.2. The summed E-state index contributed by atoms with van der Waals surface area (Å²) in [4.78, 5) is 13.9. The lowest BCUT2D eigenvalue weighted by Crippen LogP contribution is -2.27. The minimum Gasteiger partial charge on any atom is -0.411 e. The van der Waals surface area contributed by atoms with Crippen LogP contribution >= 0.6 is 23.1 Å². The Morgan fingerprint density at radius 1 is 1.25 bits per heavy atom. The molecule has 0 bridgehead atoms. The number of rotatable bonds is 6. The van der Waals surface area contributed by atoms with E-state index >= 15 is 0 Å². The first-order chi connectivity index (χ1) is 11.6. The summed E-state index contributed by atoms with van der Waals surface area (Å²) in [6.07, 6.45) is 0. The van der Waals surface area contributed by atoms with Crippen molar-refractivity contribution in [2.45, 2.75) is 18.7 Å². The van der Waals surface area contributed by atoms with Crippen molar-refractivity contribution in [3.8, 4) is 11.5 Å². The molecular weight excluding hydrogens is 342 g/mol. The third-order valence-electron chi connectivity index (χ3n) is 3.45. The number of nitrogens with zero attached hydrogens (tertiary/aromatic N) is 3. The topological polar surface area (TPSA) is 59.2 Å². The molecule has 3 aromatic rings. The average Bonchev–Trinajstić information content (AvgIpc) is 3.25. The van der Waals surface area contributed by atoms with Crippen LogP contribution in [0.5, 0.6) is 0 Å². The summed E-state index contributed by atoms with van der Waals surface area (Å²) in [6, 6.07) is 9.89. The maximum Gasteiger partial charge on any atom is 0.277 e. The summed E-state index contributed by atoms with van der Waals surface area (Å²) < 4.78 is 5.62. The highest BCUT2D eigenvalue weighted by atomic mass is 32.2. The number of hydrogen-bond donors (Lipinski definition) is 0. The van der Waals surface area contributed by atoms with Crippen molar-refractivity contribution in [2.24, 2.45) is 0 Å². The predicted octanol–water partition coefficient (Wildman–Crippen LogP) is 3.86. The molecular formula is C17H17N3O2S2. The quantitative estimate of drug-likeness (QED) is 0.626. The van der Waals surface area contributed by atoms with E-state index in [2.05, 4.69) is 10.2 Å². The summed E-state index contributed by atoms with van der Waals surface area (Å²) >= 11 is 2.89. The van der Waals surface area contributed by atoms with Gasteiger partial charge in [0.05, 0.1) is 5.75 Å². The molecule has 0 N–H and O–H groups in total. The Morgan fingerprint density at radius 2 is 2.04 bits per heavy atom. The number of thiophene rings is 1. The molecule has 5 nitrogen and oxygen atoms in total. The predicted molar refractivity (Wildman–Crippen MR) is 96.0 cm³/mol. The van der Waals surface area contributed by atoms with Crippen LogP contribution < -0.4 is 0 Å². The molecule has 0 atom stereocenters. The van der Waals surface area contributed by atoms with Crippen molar-refractivity contribution in [2.75, 3.05) is 12.8 Å². The average molecular weight is 359 g/mol. The second-order valence-electron chi connectivity index (χ2n) is 5.41. The van der Waals surface area contributed by atoms with Crippen molar-refractivity contribution >= 4 is 29.0 Å². The third-order valence-corrected chi connectivity index (χ3v) is 4.98. The molecule has 124 valence electrons. The zero-order valence-corrected chi connectivity index (χ0v) is 15.1. The van der Waals surface area contributed by atoms with Crippen LogP contribution in [0.1, 0.15) is 11.1 Å². The molecule has 0 fully saturated rings. The number of thioether (sulfide) groups is 1. The van der Waals surface area contributed by atoms with Crippen molar-refractivity contribution < 1.29 is 9.21 Å². The fourth-order valence-electron chi connectivity index (χ4n) is 2.06. The smallest absolute Gasteiger partial charge is 0.277 e. The number of aromatic nitrogens is 2.